The molecule has 0 fully saturated rings. The van der Waals surface area contributed by atoms with Crippen molar-refractivity contribution in [2.45, 2.75) is 47.3 Å². The highest BCUT2D eigenvalue weighted by molar-refractivity contribution is 5.69. The molecule has 0 bridgehead atoms. The van der Waals surface area contributed by atoms with Gasteiger partial charge < -0.3 is 56.8 Å². The maximum atomic E-state index is 5.80. The lowest BCUT2D eigenvalue weighted by Gasteiger charge is -2.23. The van der Waals surface area contributed by atoms with Gasteiger partial charge in [-0.05, 0) is 164 Å². The standard InChI is InChI=1S/2C34H34O6/c2*1-35-21-11-7-19(8-12-21)31-23-15-27(37-3)29(39-5)17-25(23)34-32(20-9-13-22(36-2)14-10-20)24-16-28(38-4)30(40-6)18-26(24)33(31)34/h2*7-18,31-34H,1-6H3/t2*31-,32-,33+,34+/m00/s1. The van der Waals surface area contributed by atoms with Crippen LogP contribution in [-0.2, 0) is 0 Å². The van der Waals surface area contributed by atoms with Crippen molar-refractivity contribution >= 4 is 0 Å². The van der Waals surface area contributed by atoms with E-state index in [1.807, 2.05) is 48.5 Å². The van der Waals surface area contributed by atoms with Gasteiger partial charge in [-0.3, -0.25) is 0 Å². The molecule has 0 radical (unpaired) electrons. The number of methoxy groups -OCH3 is 12. The molecule has 412 valence electrons. The Labute approximate surface area is 468 Å². The Balaban J connectivity index is 0.000000169. The van der Waals surface area contributed by atoms with Gasteiger partial charge in [-0.25, -0.2) is 0 Å². The molecule has 4 aliphatic carbocycles. The summed E-state index contributed by atoms with van der Waals surface area (Å²) >= 11 is 0. The molecule has 8 aromatic carbocycles. The number of hydrogen-bond acceptors (Lipinski definition) is 12. The summed E-state index contributed by atoms with van der Waals surface area (Å²) in [4.78, 5) is 0. The van der Waals surface area contributed by atoms with E-state index in [2.05, 4.69) is 97.1 Å². The van der Waals surface area contributed by atoms with Crippen LogP contribution in [0.1, 0.15) is 114 Å². The van der Waals surface area contributed by atoms with Gasteiger partial charge in [0.2, 0.25) is 0 Å². The van der Waals surface area contributed by atoms with Gasteiger partial charge >= 0.3 is 0 Å². The van der Waals surface area contributed by atoms with Crippen molar-refractivity contribution in [3.05, 3.63) is 212 Å². The normalized spacial score (nSPS) is 20.2. The van der Waals surface area contributed by atoms with Crippen LogP contribution in [0.2, 0.25) is 0 Å². The predicted molar refractivity (Wildman–Crippen MR) is 308 cm³/mol. The van der Waals surface area contributed by atoms with Crippen LogP contribution in [0.15, 0.2) is 146 Å². The summed E-state index contributed by atoms with van der Waals surface area (Å²) in [7, 11) is 20.3. The highest BCUT2D eigenvalue weighted by Gasteiger charge is 2.55. The molecule has 12 heteroatoms. The minimum Gasteiger partial charge on any atom is -0.497 e. The zero-order valence-electron chi connectivity index (χ0n) is 47.4. The second kappa shape index (κ2) is 22.2. The first-order valence-corrected chi connectivity index (χ1v) is 26.7. The van der Waals surface area contributed by atoms with E-state index in [1.54, 1.807) is 85.3 Å². The van der Waals surface area contributed by atoms with Crippen LogP contribution >= 0.6 is 0 Å². The molecule has 12 nitrogen and oxygen atoms in total. The first kappa shape index (κ1) is 53.4. The van der Waals surface area contributed by atoms with Crippen LogP contribution in [0.25, 0.3) is 0 Å². The zero-order valence-corrected chi connectivity index (χ0v) is 47.4. The summed E-state index contributed by atoms with van der Waals surface area (Å²) in [5, 5.41) is 0. The molecule has 4 aliphatic rings. The van der Waals surface area contributed by atoms with Gasteiger partial charge in [0.15, 0.2) is 46.0 Å². The SMILES string of the molecule is COc1ccc([C@H]2c3cc(OC)c(OC)cc3[C@@H]3[C@@H](c4ccc(OC)cc4)c4cc(OC)c(OC)cc4[C@H]23)cc1.COc1ccc([C@H]2c3cc(OC)c(OC)cc3[C@@H]3[C@@H](c4ccc(OC)cc4)c4cc(OC)c(OC)cc4[C@H]23)cc1. The van der Waals surface area contributed by atoms with E-state index in [0.29, 0.717) is 0 Å². The van der Waals surface area contributed by atoms with E-state index >= 15 is 0 Å². The third-order valence-corrected chi connectivity index (χ3v) is 17.2. The van der Waals surface area contributed by atoms with E-state index in [9.17, 15) is 0 Å². The largest absolute Gasteiger partial charge is 0.497 e. The number of benzene rings is 8. The zero-order chi connectivity index (χ0) is 55.9. The van der Waals surface area contributed by atoms with Gasteiger partial charge in [0.25, 0.3) is 0 Å². The number of fused-ring (bicyclic) bond motifs is 10. The summed E-state index contributed by atoms with van der Waals surface area (Å²) in [6, 6.07) is 51.0. The Morgan fingerprint density at radius 1 is 0.188 bits per heavy atom. The fourth-order valence-electron chi connectivity index (χ4n) is 13.8. The van der Waals surface area contributed by atoms with Gasteiger partial charge in [0.05, 0.1) is 85.3 Å². The first-order valence-electron chi connectivity index (χ1n) is 26.7. The lowest BCUT2D eigenvalue weighted by Crippen LogP contribution is -2.10. The van der Waals surface area contributed by atoms with Crippen molar-refractivity contribution in [3.63, 3.8) is 0 Å². The number of ether oxygens (including phenoxy) is 12. The van der Waals surface area contributed by atoms with Gasteiger partial charge in [-0.2, -0.15) is 0 Å². The smallest absolute Gasteiger partial charge is 0.161 e. The third kappa shape index (κ3) is 8.85. The topological polar surface area (TPSA) is 111 Å². The molecule has 12 rings (SSSR count). The highest BCUT2D eigenvalue weighted by atomic mass is 16.5. The molecule has 0 saturated carbocycles. The van der Waals surface area contributed by atoms with Crippen LogP contribution < -0.4 is 56.8 Å². The van der Waals surface area contributed by atoms with E-state index in [-0.39, 0.29) is 47.3 Å². The molecular formula is C68H68O12. The molecule has 0 N–H and O–H groups in total. The molecule has 0 aromatic heterocycles. The molecule has 0 saturated heterocycles. The quantitative estimate of drug-likeness (QED) is 0.0918. The van der Waals surface area contributed by atoms with E-state index in [1.165, 1.54) is 66.8 Å². The fourth-order valence-corrected chi connectivity index (χ4v) is 13.8. The van der Waals surface area contributed by atoms with Crippen LogP contribution in [0.5, 0.6) is 69.0 Å². The monoisotopic (exact) mass is 1080 g/mol. The lowest BCUT2D eigenvalue weighted by atomic mass is 9.79. The maximum Gasteiger partial charge on any atom is 0.161 e. The van der Waals surface area contributed by atoms with Crippen LogP contribution in [-0.4, -0.2) is 85.3 Å². The van der Waals surface area contributed by atoms with Crippen molar-refractivity contribution in [3.8, 4) is 69.0 Å². The minimum absolute atomic E-state index is 0.0887. The summed E-state index contributed by atoms with van der Waals surface area (Å²) in [6.07, 6.45) is 0. The Morgan fingerprint density at radius 3 is 0.475 bits per heavy atom. The number of rotatable bonds is 16. The second-order valence-electron chi connectivity index (χ2n) is 20.5. The van der Waals surface area contributed by atoms with Crippen LogP contribution in [0, 0.1) is 0 Å². The summed E-state index contributed by atoms with van der Waals surface area (Å²) in [6.45, 7) is 0. The van der Waals surface area contributed by atoms with Gasteiger partial charge in [0.1, 0.15) is 23.0 Å². The molecule has 8 aromatic rings. The average molecular weight is 1080 g/mol. The molecule has 0 spiro atoms. The maximum absolute atomic E-state index is 5.80. The Hall–Kier alpha value is -8.64. The molecular weight excluding hydrogens is 1010 g/mol. The minimum atomic E-state index is 0.0887. The lowest BCUT2D eigenvalue weighted by molar-refractivity contribution is 0.353. The molecule has 0 amide bonds. The predicted octanol–water partition coefficient (Wildman–Crippen LogP) is 13.8. The van der Waals surface area contributed by atoms with Gasteiger partial charge in [-0.1, -0.05) is 48.5 Å². The summed E-state index contributed by atoms with van der Waals surface area (Å²) in [5.41, 5.74) is 14.9. The van der Waals surface area contributed by atoms with Crippen molar-refractivity contribution in [1.29, 1.82) is 0 Å². The van der Waals surface area contributed by atoms with E-state index in [0.717, 1.165) is 69.0 Å². The van der Waals surface area contributed by atoms with Crippen molar-refractivity contribution in [2.24, 2.45) is 0 Å². The van der Waals surface area contributed by atoms with Crippen LogP contribution in [0.3, 0.4) is 0 Å². The fraction of sp³-hybridized carbons (Fsp3) is 0.294. The average Bonchev–Trinajstić information content (AvgIpc) is 4.25. The van der Waals surface area contributed by atoms with Crippen molar-refractivity contribution < 1.29 is 56.8 Å². The molecule has 0 aliphatic heterocycles. The second-order valence-corrected chi connectivity index (χ2v) is 20.5. The Bertz CT molecular complexity index is 3050. The van der Waals surface area contributed by atoms with Crippen molar-refractivity contribution in [2.75, 3.05) is 85.3 Å². The molecule has 8 atom stereocenters. The molecule has 0 heterocycles. The molecule has 80 heavy (non-hydrogen) atoms. The van der Waals surface area contributed by atoms with Gasteiger partial charge in [0, 0.05) is 47.3 Å². The Kier molecular flexibility index (Phi) is 14.8. The van der Waals surface area contributed by atoms with Crippen molar-refractivity contribution in [1.82, 2.24) is 0 Å². The first-order chi connectivity index (χ1) is 39.1. The summed E-state index contributed by atoms with van der Waals surface area (Å²) < 4.78 is 68.3. The van der Waals surface area contributed by atoms with E-state index in [4.69, 9.17) is 56.8 Å². The Morgan fingerprint density at radius 2 is 0.338 bits per heavy atom. The summed E-state index contributed by atoms with van der Waals surface area (Å²) in [5.74, 6) is 10.2. The number of hydrogen-bond donors (Lipinski definition) is 0. The molecule has 0 unspecified atom stereocenters. The van der Waals surface area contributed by atoms with Gasteiger partial charge in [-0.15, -0.1) is 0 Å². The van der Waals surface area contributed by atoms with Crippen LogP contribution in [0.4, 0.5) is 0 Å². The highest BCUT2D eigenvalue weighted by Crippen LogP contribution is 2.70. The van der Waals surface area contributed by atoms with E-state index < -0.39 is 0 Å². The third-order valence-electron chi connectivity index (χ3n) is 17.2.